The molecule has 1 aromatic heterocycles. The zero-order valence-electron chi connectivity index (χ0n) is 8.77. The first-order valence-corrected chi connectivity index (χ1v) is 5.76. The van der Waals surface area contributed by atoms with Gasteiger partial charge in [0.25, 0.3) is 0 Å². The normalized spacial score (nSPS) is 24.5. The van der Waals surface area contributed by atoms with E-state index in [0.717, 1.165) is 5.92 Å². The third kappa shape index (κ3) is 1.15. The van der Waals surface area contributed by atoms with Gasteiger partial charge >= 0.3 is 0 Å². The molecule has 74 valence electrons. The Hall–Kier alpha value is -0.980. The fraction of sp³-hybridized carbons (Fsp3) is 0.538. The molecule has 2 aliphatic carbocycles. The summed E-state index contributed by atoms with van der Waals surface area (Å²) in [5, 5.41) is 2.92. The van der Waals surface area contributed by atoms with Crippen molar-refractivity contribution in [3.05, 3.63) is 21.8 Å². The lowest BCUT2D eigenvalue weighted by Gasteiger charge is -2.11. The van der Waals surface area contributed by atoms with E-state index in [2.05, 4.69) is 24.1 Å². The number of H-pyrrole nitrogens is 1. The second-order valence-electron chi connectivity index (χ2n) is 4.70. The summed E-state index contributed by atoms with van der Waals surface area (Å²) in [6.07, 6.45) is 11.3. The van der Waals surface area contributed by atoms with Crippen molar-refractivity contribution in [3.8, 4) is 0 Å². The lowest BCUT2D eigenvalue weighted by atomic mass is 9.94. The van der Waals surface area contributed by atoms with Crippen molar-refractivity contribution < 1.29 is 0 Å². The highest BCUT2D eigenvalue weighted by atomic mass is 14.7. The summed E-state index contributed by atoms with van der Waals surface area (Å²) in [5.74, 6) is 0.726. The van der Waals surface area contributed by atoms with E-state index < -0.39 is 0 Å². The van der Waals surface area contributed by atoms with Crippen LogP contribution in [0.1, 0.15) is 37.4 Å². The second-order valence-corrected chi connectivity index (χ2v) is 4.70. The van der Waals surface area contributed by atoms with E-state index in [1.807, 2.05) is 0 Å². The van der Waals surface area contributed by atoms with Crippen molar-refractivity contribution in [2.75, 3.05) is 0 Å². The van der Waals surface area contributed by atoms with Gasteiger partial charge in [-0.15, -0.1) is 0 Å². The standard InChI is InChI=1S/C13H17N/c1-9-6-7-13-11(8-9)10-4-2-3-5-12(10)14-13/h7-9,14H,2-6H2,1H3. The Balaban J connectivity index is 2.28. The fourth-order valence-electron chi connectivity index (χ4n) is 2.74. The highest BCUT2D eigenvalue weighted by Crippen LogP contribution is 2.16. The molecule has 1 heteroatoms. The first-order chi connectivity index (χ1) is 6.84. The van der Waals surface area contributed by atoms with Gasteiger partial charge in [-0.1, -0.05) is 19.1 Å². The Labute approximate surface area is 84.5 Å². The summed E-state index contributed by atoms with van der Waals surface area (Å²) < 4.78 is 0. The van der Waals surface area contributed by atoms with Crippen LogP contribution < -0.4 is 10.6 Å². The van der Waals surface area contributed by atoms with Gasteiger partial charge in [-0.05, 0) is 48.8 Å². The molecule has 1 atom stereocenters. The molecule has 0 bridgehead atoms. The van der Waals surface area contributed by atoms with Crippen molar-refractivity contribution in [1.82, 2.24) is 4.98 Å². The minimum atomic E-state index is 0.726. The van der Waals surface area contributed by atoms with Crippen LogP contribution in [-0.4, -0.2) is 4.98 Å². The molecule has 0 aliphatic heterocycles. The average molecular weight is 187 g/mol. The molecule has 0 saturated carbocycles. The van der Waals surface area contributed by atoms with Gasteiger partial charge in [-0.25, -0.2) is 0 Å². The Morgan fingerprint density at radius 1 is 1.29 bits per heavy atom. The summed E-state index contributed by atoms with van der Waals surface area (Å²) in [6.45, 7) is 2.31. The summed E-state index contributed by atoms with van der Waals surface area (Å²) in [7, 11) is 0. The fourth-order valence-corrected chi connectivity index (χ4v) is 2.74. The number of hydrogen-bond donors (Lipinski definition) is 1. The van der Waals surface area contributed by atoms with E-state index in [4.69, 9.17) is 0 Å². The van der Waals surface area contributed by atoms with Crippen molar-refractivity contribution in [2.24, 2.45) is 5.92 Å². The van der Waals surface area contributed by atoms with Crippen LogP contribution in [0.25, 0.3) is 12.2 Å². The molecular weight excluding hydrogens is 170 g/mol. The lowest BCUT2D eigenvalue weighted by molar-refractivity contribution is 0.674. The predicted octanol–water partition coefficient (Wildman–Crippen LogP) is 1.49. The zero-order chi connectivity index (χ0) is 9.54. The Bertz CT molecular complexity index is 464. The minimum absolute atomic E-state index is 0.726. The third-order valence-corrected chi connectivity index (χ3v) is 3.51. The maximum Gasteiger partial charge on any atom is 0.0415 e. The molecule has 0 spiro atoms. The van der Waals surface area contributed by atoms with Crippen LogP contribution in [-0.2, 0) is 12.8 Å². The molecule has 1 nitrogen and oxygen atoms in total. The molecule has 0 radical (unpaired) electrons. The van der Waals surface area contributed by atoms with E-state index in [0.29, 0.717) is 0 Å². The monoisotopic (exact) mass is 187 g/mol. The van der Waals surface area contributed by atoms with E-state index in [1.54, 1.807) is 5.56 Å². The molecule has 14 heavy (non-hydrogen) atoms. The maximum atomic E-state index is 3.59. The SMILES string of the molecule is CC1C=c2c3c([nH]c2=CC1)CCCC3. The van der Waals surface area contributed by atoms with Crippen LogP contribution >= 0.6 is 0 Å². The molecule has 1 aromatic rings. The predicted molar refractivity (Wildman–Crippen MR) is 59.4 cm³/mol. The quantitative estimate of drug-likeness (QED) is 0.633. The van der Waals surface area contributed by atoms with E-state index in [-0.39, 0.29) is 0 Å². The van der Waals surface area contributed by atoms with Gasteiger partial charge in [0.05, 0.1) is 0 Å². The topological polar surface area (TPSA) is 15.8 Å². The number of aromatic amines is 1. The third-order valence-electron chi connectivity index (χ3n) is 3.51. The highest BCUT2D eigenvalue weighted by Gasteiger charge is 2.15. The van der Waals surface area contributed by atoms with Crippen molar-refractivity contribution >= 4 is 12.2 Å². The Morgan fingerprint density at radius 2 is 2.14 bits per heavy atom. The first-order valence-electron chi connectivity index (χ1n) is 5.76. The van der Waals surface area contributed by atoms with Crippen molar-refractivity contribution in [3.63, 3.8) is 0 Å². The summed E-state index contributed by atoms with van der Waals surface area (Å²) in [4.78, 5) is 3.59. The number of rotatable bonds is 0. The first kappa shape index (κ1) is 8.34. The van der Waals surface area contributed by atoms with Crippen LogP contribution in [0, 0.1) is 5.92 Å². The van der Waals surface area contributed by atoms with Gasteiger partial charge in [-0.3, -0.25) is 0 Å². The van der Waals surface area contributed by atoms with Crippen LogP contribution in [0.5, 0.6) is 0 Å². The van der Waals surface area contributed by atoms with Crippen molar-refractivity contribution in [2.45, 2.75) is 39.0 Å². The Morgan fingerprint density at radius 3 is 3.07 bits per heavy atom. The van der Waals surface area contributed by atoms with Gasteiger partial charge in [0.1, 0.15) is 0 Å². The molecule has 1 unspecified atom stereocenters. The molecule has 3 rings (SSSR count). The van der Waals surface area contributed by atoms with Crippen LogP contribution in [0.15, 0.2) is 0 Å². The summed E-state index contributed by atoms with van der Waals surface area (Å²) in [6, 6.07) is 0. The molecule has 0 fully saturated rings. The van der Waals surface area contributed by atoms with Gasteiger partial charge in [0.2, 0.25) is 0 Å². The number of nitrogens with one attached hydrogen (secondary N) is 1. The zero-order valence-corrected chi connectivity index (χ0v) is 8.77. The van der Waals surface area contributed by atoms with Gasteiger partial charge in [0.15, 0.2) is 0 Å². The lowest BCUT2D eigenvalue weighted by Crippen LogP contribution is -2.29. The smallest absolute Gasteiger partial charge is 0.0415 e. The largest absolute Gasteiger partial charge is 0.358 e. The molecule has 1 N–H and O–H groups in total. The van der Waals surface area contributed by atoms with Crippen LogP contribution in [0.3, 0.4) is 0 Å². The van der Waals surface area contributed by atoms with Crippen LogP contribution in [0.4, 0.5) is 0 Å². The number of fused-ring (bicyclic) bond motifs is 3. The maximum absolute atomic E-state index is 3.59. The number of hydrogen-bond acceptors (Lipinski definition) is 0. The van der Waals surface area contributed by atoms with Crippen LogP contribution in [0.2, 0.25) is 0 Å². The van der Waals surface area contributed by atoms with Gasteiger partial charge in [0, 0.05) is 11.0 Å². The summed E-state index contributed by atoms with van der Waals surface area (Å²) in [5.41, 5.74) is 3.14. The molecule has 0 aromatic carbocycles. The second kappa shape index (κ2) is 3.01. The molecule has 0 saturated heterocycles. The molecule has 0 amide bonds. The molecule has 2 aliphatic rings. The molecular formula is C13H17N. The average Bonchev–Trinajstić information content (AvgIpc) is 2.56. The van der Waals surface area contributed by atoms with Crippen molar-refractivity contribution in [1.29, 1.82) is 0 Å². The van der Waals surface area contributed by atoms with E-state index in [1.165, 1.54) is 48.4 Å². The molecule has 1 heterocycles. The number of aromatic nitrogens is 1. The van der Waals surface area contributed by atoms with E-state index in [9.17, 15) is 0 Å². The minimum Gasteiger partial charge on any atom is -0.358 e. The van der Waals surface area contributed by atoms with Gasteiger partial charge < -0.3 is 4.98 Å². The summed E-state index contributed by atoms with van der Waals surface area (Å²) >= 11 is 0. The number of aryl methyl sites for hydroxylation is 1. The van der Waals surface area contributed by atoms with E-state index >= 15 is 0 Å². The Kier molecular flexibility index (Phi) is 1.79. The van der Waals surface area contributed by atoms with Gasteiger partial charge in [-0.2, -0.15) is 0 Å². The highest BCUT2D eigenvalue weighted by molar-refractivity contribution is 5.44.